The smallest absolute Gasteiger partial charge is 0.242 e. The lowest BCUT2D eigenvalue weighted by Gasteiger charge is -2.19. The molecule has 1 aromatic carbocycles. The zero-order valence-electron chi connectivity index (χ0n) is 13.2. The predicted molar refractivity (Wildman–Crippen MR) is 87.8 cm³/mol. The van der Waals surface area contributed by atoms with Gasteiger partial charge in [0.15, 0.2) is 0 Å². The number of nitrogens with zero attached hydrogens (tertiary/aromatic N) is 2. The molecule has 0 spiro atoms. The Bertz CT molecular complexity index is 629. The van der Waals surface area contributed by atoms with Gasteiger partial charge in [0.25, 0.3) is 0 Å². The second-order valence-corrected chi connectivity index (χ2v) is 6.10. The highest BCUT2D eigenvalue weighted by Crippen LogP contribution is 2.17. The predicted octanol–water partition coefficient (Wildman–Crippen LogP) is 3.06. The minimum atomic E-state index is 0.161. The van der Waals surface area contributed by atoms with Crippen LogP contribution in [0.2, 0.25) is 0 Å². The molecule has 118 valence electrons. The second-order valence-electron chi connectivity index (χ2n) is 6.10. The van der Waals surface area contributed by atoms with Crippen molar-refractivity contribution < 1.29 is 9.53 Å². The van der Waals surface area contributed by atoms with Gasteiger partial charge in [-0.1, -0.05) is 18.2 Å². The van der Waals surface area contributed by atoms with E-state index in [9.17, 15) is 4.79 Å². The third-order valence-electron chi connectivity index (χ3n) is 4.46. The van der Waals surface area contributed by atoms with Crippen LogP contribution in [0, 0.1) is 0 Å². The largest absolute Gasteiger partial charge is 0.378 e. The normalized spacial score (nSPS) is 18.0. The molecule has 2 aromatic rings. The summed E-state index contributed by atoms with van der Waals surface area (Å²) in [7, 11) is 1.89. The third-order valence-corrected chi connectivity index (χ3v) is 4.46. The van der Waals surface area contributed by atoms with E-state index in [2.05, 4.69) is 18.2 Å². The van der Waals surface area contributed by atoms with E-state index in [4.69, 9.17) is 4.74 Å². The quantitative estimate of drug-likeness (QED) is 0.821. The first kappa shape index (κ1) is 15.1. The van der Waals surface area contributed by atoms with E-state index in [0.717, 1.165) is 31.5 Å². The van der Waals surface area contributed by atoms with E-state index in [0.29, 0.717) is 12.6 Å². The number of amides is 1. The molecule has 3 rings (SSSR count). The van der Waals surface area contributed by atoms with Crippen molar-refractivity contribution in [2.75, 3.05) is 20.2 Å². The van der Waals surface area contributed by atoms with E-state index in [1.165, 1.54) is 18.2 Å². The monoisotopic (exact) mass is 300 g/mol. The van der Waals surface area contributed by atoms with E-state index in [-0.39, 0.29) is 5.91 Å². The molecule has 0 N–H and O–H groups in total. The Balaban J connectivity index is 1.50. The molecule has 1 fully saturated rings. The standard InChI is InChI=1S/C18H24N2O2/c1-19(11-4-7-16-8-5-13-22-16)18(21)14-20-12-10-15-6-2-3-9-17(15)20/h2-3,6,9-10,12,16H,4-5,7-8,11,13-14H2,1H3/t16-/m1/s1. The number of fused-ring (bicyclic) bond motifs is 1. The SMILES string of the molecule is CN(CCC[C@@H]1CCCO1)C(=O)Cn1ccc2ccccc21. The Morgan fingerprint density at radius 1 is 1.36 bits per heavy atom. The van der Waals surface area contributed by atoms with Crippen LogP contribution in [0.25, 0.3) is 10.9 Å². The molecule has 0 saturated carbocycles. The number of benzene rings is 1. The van der Waals surface area contributed by atoms with Crippen LogP contribution in [0.3, 0.4) is 0 Å². The molecule has 1 atom stereocenters. The lowest BCUT2D eigenvalue weighted by atomic mass is 10.1. The van der Waals surface area contributed by atoms with E-state index < -0.39 is 0 Å². The molecular weight excluding hydrogens is 276 g/mol. The number of rotatable bonds is 6. The van der Waals surface area contributed by atoms with Crippen LogP contribution in [-0.2, 0) is 16.1 Å². The van der Waals surface area contributed by atoms with Gasteiger partial charge < -0.3 is 14.2 Å². The molecule has 1 aliphatic heterocycles. The summed E-state index contributed by atoms with van der Waals surface area (Å²) in [6.45, 7) is 2.11. The molecule has 22 heavy (non-hydrogen) atoms. The summed E-state index contributed by atoms with van der Waals surface area (Å²) < 4.78 is 7.64. The number of likely N-dealkylation sites (N-methyl/N-ethyl adjacent to an activating group) is 1. The minimum Gasteiger partial charge on any atom is -0.378 e. The first-order valence-electron chi connectivity index (χ1n) is 8.13. The summed E-state index contributed by atoms with van der Waals surface area (Å²) in [6.07, 6.45) is 6.83. The van der Waals surface area contributed by atoms with Crippen molar-refractivity contribution in [3.8, 4) is 0 Å². The Morgan fingerprint density at radius 3 is 3.05 bits per heavy atom. The van der Waals surface area contributed by atoms with Gasteiger partial charge in [-0.15, -0.1) is 0 Å². The average molecular weight is 300 g/mol. The van der Waals surface area contributed by atoms with Gasteiger partial charge >= 0.3 is 0 Å². The van der Waals surface area contributed by atoms with Crippen molar-refractivity contribution in [3.05, 3.63) is 36.5 Å². The highest BCUT2D eigenvalue weighted by molar-refractivity contribution is 5.83. The summed E-state index contributed by atoms with van der Waals surface area (Å²) in [5, 5.41) is 1.18. The Labute approximate surface area is 131 Å². The molecule has 0 bridgehead atoms. The van der Waals surface area contributed by atoms with Crippen LogP contribution in [0.15, 0.2) is 36.5 Å². The number of hydrogen-bond acceptors (Lipinski definition) is 2. The first-order valence-corrected chi connectivity index (χ1v) is 8.13. The fourth-order valence-corrected chi connectivity index (χ4v) is 3.10. The van der Waals surface area contributed by atoms with Crippen LogP contribution in [-0.4, -0.2) is 41.7 Å². The van der Waals surface area contributed by atoms with Gasteiger partial charge in [-0.3, -0.25) is 4.79 Å². The average Bonchev–Trinajstić information content (AvgIpc) is 3.17. The van der Waals surface area contributed by atoms with Crippen molar-refractivity contribution >= 4 is 16.8 Å². The molecular formula is C18H24N2O2. The van der Waals surface area contributed by atoms with Crippen LogP contribution in [0.4, 0.5) is 0 Å². The minimum absolute atomic E-state index is 0.161. The molecule has 0 unspecified atom stereocenters. The lowest BCUT2D eigenvalue weighted by Crippen LogP contribution is -2.31. The number of carbonyl (C=O) groups is 1. The summed E-state index contributed by atoms with van der Waals surface area (Å²) in [5.41, 5.74) is 1.11. The maximum absolute atomic E-state index is 12.4. The van der Waals surface area contributed by atoms with Gasteiger partial charge in [-0.25, -0.2) is 0 Å². The Morgan fingerprint density at radius 2 is 2.23 bits per heavy atom. The van der Waals surface area contributed by atoms with Crippen LogP contribution in [0.5, 0.6) is 0 Å². The number of aromatic nitrogens is 1. The fraction of sp³-hybridized carbons (Fsp3) is 0.500. The molecule has 1 aliphatic rings. The number of ether oxygens (including phenoxy) is 1. The van der Waals surface area contributed by atoms with Gasteiger partial charge in [0.1, 0.15) is 6.54 Å². The highest BCUT2D eigenvalue weighted by Gasteiger charge is 2.16. The maximum Gasteiger partial charge on any atom is 0.242 e. The van der Waals surface area contributed by atoms with E-state index in [1.54, 1.807) is 0 Å². The van der Waals surface area contributed by atoms with Crippen molar-refractivity contribution in [2.24, 2.45) is 0 Å². The molecule has 0 radical (unpaired) electrons. The van der Waals surface area contributed by atoms with E-state index >= 15 is 0 Å². The van der Waals surface area contributed by atoms with Crippen molar-refractivity contribution in [2.45, 2.75) is 38.3 Å². The summed E-state index contributed by atoms with van der Waals surface area (Å²) in [6, 6.07) is 10.2. The zero-order chi connectivity index (χ0) is 15.4. The molecule has 1 saturated heterocycles. The molecule has 0 aliphatic carbocycles. The van der Waals surface area contributed by atoms with Gasteiger partial charge in [0.05, 0.1) is 6.10 Å². The van der Waals surface area contributed by atoms with Gasteiger partial charge in [0, 0.05) is 31.9 Å². The topological polar surface area (TPSA) is 34.5 Å². The summed E-state index contributed by atoms with van der Waals surface area (Å²) in [5.74, 6) is 0.161. The van der Waals surface area contributed by atoms with Crippen molar-refractivity contribution in [3.63, 3.8) is 0 Å². The van der Waals surface area contributed by atoms with Gasteiger partial charge in [0.2, 0.25) is 5.91 Å². The molecule has 1 amide bonds. The highest BCUT2D eigenvalue weighted by atomic mass is 16.5. The number of hydrogen-bond donors (Lipinski definition) is 0. The van der Waals surface area contributed by atoms with Crippen LogP contribution < -0.4 is 0 Å². The summed E-state index contributed by atoms with van der Waals surface area (Å²) in [4.78, 5) is 14.2. The van der Waals surface area contributed by atoms with Gasteiger partial charge in [-0.2, -0.15) is 0 Å². The molecule has 2 heterocycles. The maximum atomic E-state index is 12.4. The van der Waals surface area contributed by atoms with Gasteiger partial charge in [-0.05, 0) is 43.2 Å². The van der Waals surface area contributed by atoms with E-state index in [1.807, 2.05) is 34.8 Å². The molecule has 4 heteroatoms. The number of carbonyl (C=O) groups excluding carboxylic acids is 1. The molecule has 1 aromatic heterocycles. The Kier molecular flexibility index (Phi) is 4.78. The third kappa shape index (κ3) is 3.50. The number of para-hydroxylation sites is 1. The second kappa shape index (κ2) is 6.97. The zero-order valence-corrected chi connectivity index (χ0v) is 13.2. The van der Waals surface area contributed by atoms with Crippen LogP contribution >= 0.6 is 0 Å². The van der Waals surface area contributed by atoms with Crippen molar-refractivity contribution in [1.82, 2.24) is 9.47 Å². The Hall–Kier alpha value is -1.81. The fourth-order valence-electron chi connectivity index (χ4n) is 3.10. The van der Waals surface area contributed by atoms with Crippen LogP contribution in [0.1, 0.15) is 25.7 Å². The lowest BCUT2D eigenvalue weighted by molar-refractivity contribution is -0.130. The summed E-state index contributed by atoms with van der Waals surface area (Å²) >= 11 is 0. The van der Waals surface area contributed by atoms with Crippen molar-refractivity contribution in [1.29, 1.82) is 0 Å². The molecule has 4 nitrogen and oxygen atoms in total. The first-order chi connectivity index (χ1) is 10.7.